The van der Waals surface area contributed by atoms with Gasteiger partial charge in [0.15, 0.2) is 0 Å². The minimum atomic E-state index is -0.357. The van der Waals surface area contributed by atoms with Gasteiger partial charge in [-0.15, -0.1) is 0 Å². The maximum atomic E-state index is 12.3. The summed E-state index contributed by atoms with van der Waals surface area (Å²) in [4.78, 5) is 12.3. The molecule has 4 heteroatoms. The van der Waals surface area contributed by atoms with E-state index in [2.05, 4.69) is 0 Å². The van der Waals surface area contributed by atoms with E-state index in [0.717, 1.165) is 16.5 Å². The summed E-state index contributed by atoms with van der Waals surface area (Å²) in [6.45, 7) is -0.0165. The Morgan fingerprint density at radius 3 is 2.64 bits per heavy atom. The molecule has 0 spiro atoms. The van der Waals surface area contributed by atoms with Crippen molar-refractivity contribution in [1.82, 2.24) is 0 Å². The lowest BCUT2D eigenvalue weighted by atomic mass is 9.96. The molecule has 1 heterocycles. The van der Waals surface area contributed by atoms with Crippen LogP contribution in [0.15, 0.2) is 57.7 Å². The zero-order chi connectivity index (χ0) is 15.5. The van der Waals surface area contributed by atoms with Crippen molar-refractivity contribution in [2.24, 2.45) is 0 Å². The van der Waals surface area contributed by atoms with E-state index in [1.54, 1.807) is 12.1 Å². The molecule has 0 amide bonds. The van der Waals surface area contributed by atoms with E-state index in [1.807, 2.05) is 36.4 Å². The molecule has 0 bridgehead atoms. The van der Waals surface area contributed by atoms with Crippen LogP contribution in [0.5, 0.6) is 0 Å². The van der Waals surface area contributed by atoms with Gasteiger partial charge in [-0.05, 0) is 35.7 Å². The number of nitrogen functional groups attached to an aromatic ring is 1. The SMILES string of the molecule is Nc1cccc(Cc2c(CCO)c3ccccc3oc2=O)c1. The van der Waals surface area contributed by atoms with Gasteiger partial charge in [0.1, 0.15) is 5.58 Å². The standard InChI is InChI=1S/C18H17NO3/c19-13-5-3-4-12(10-13)11-16-14(8-9-20)15-6-1-2-7-17(15)22-18(16)21/h1-7,10,20H,8-9,11,19H2. The Labute approximate surface area is 127 Å². The third-order valence-corrected chi connectivity index (χ3v) is 3.72. The highest BCUT2D eigenvalue weighted by molar-refractivity contribution is 5.81. The van der Waals surface area contributed by atoms with E-state index < -0.39 is 0 Å². The zero-order valence-corrected chi connectivity index (χ0v) is 12.1. The third kappa shape index (κ3) is 2.73. The molecule has 0 saturated heterocycles. The lowest BCUT2D eigenvalue weighted by Gasteiger charge is -2.11. The molecule has 1 aromatic heterocycles. The fourth-order valence-electron chi connectivity index (χ4n) is 2.74. The van der Waals surface area contributed by atoms with Gasteiger partial charge in [-0.1, -0.05) is 30.3 Å². The number of hydrogen-bond acceptors (Lipinski definition) is 4. The van der Waals surface area contributed by atoms with Crippen molar-refractivity contribution in [3.63, 3.8) is 0 Å². The summed E-state index contributed by atoms with van der Waals surface area (Å²) in [6.07, 6.45) is 0.858. The molecule has 4 nitrogen and oxygen atoms in total. The summed E-state index contributed by atoms with van der Waals surface area (Å²) in [5.74, 6) is 0. The number of fused-ring (bicyclic) bond motifs is 1. The van der Waals surface area contributed by atoms with Crippen molar-refractivity contribution in [3.8, 4) is 0 Å². The van der Waals surface area contributed by atoms with Crippen LogP contribution in [0.2, 0.25) is 0 Å². The molecule has 22 heavy (non-hydrogen) atoms. The molecule has 3 rings (SSSR count). The number of benzene rings is 2. The molecule has 0 aliphatic carbocycles. The highest BCUT2D eigenvalue weighted by atomic mass is 16.4. The largest absolute Gasteiger partial charge is 0.423 e. The van der Waals surface area contributed by atoms with Gasteiger partial charge in [0, 0.05) is 29.7 Å². The molecule has 112 valence electrons. The number of aliphatic hydroxyl groups excluding tert-OH is 1. The van der Waals surface area contributed by atoms with Crippen LogP contribution in [-0.4, -0.2) is 11.7 Å². The van der Waals surface area contributed by atoms with Crippen molar-refractivity contribution in [2.45, 2.75) is 12.8 Å². The van der Waals surface area contributed by atoms with Crippen molar-refractivity contribution in [3.05, 3.63) is 75.6 Å². The molecule has 0 atom stereocenters. The summed E-state index contributed by atoms with van der Waals surface area (Å²) < 4.78 is 5.41. The van der Waals surface area contributed by atoms with Crippen LogP contribution in [0.3, 0.4) is 0 Å². The summed E-state index contributed by atoms with van der Waals surface area (Å²) in [5, 5.41) is 10.2. The Morgan fingerprint density at radius 2 is 1.86 bits per heavy atom. The number of aliphatic hydroxyl groups is 1. The summed E-state index contributed by atoms with van der Waals surface area (Å²) in [5.41, 5.74) is 9.02. The van der Waals surface area contributed by atoms with Crippen LogP contribution < -0.4 is 11.4 Å². The van der Waals surface area contributed by atoms with Gasteiger partial charge in [0.25, 0.3) is 0 Å². The molecule has 3 N–H and O–H groups in total. The van der Waals surface area contributed by atoms with Gasteiger partial charge in [0.2, 0.25) is 0 Å². The van der Waals surface area contributed by atoms with Gasteiger partial charge >= 0.3 is 5.63 Å². The summed E-state index contributed by atoms with van der Waals surface area (Å²) in [6, 6.07) is 14.8. The average Bonchev–Trinajstić information content (AvgIpc) is 2.51. The first-order valence-corrected chi connectivity index (χ1v) is 7.18. The van der Waals surface area contributed by atoms with Crippen LogP contribution in [0.25, 0.3) is 11.0 Å². The predicted octanol–water partition coefficient (Wildman–Crippen LogP) is 2.50. The first-order valence-electron chi connectivity index (χ1n) is 7.18. The van der Waals surface area contributed by atoms with Crippen LogP contribution in [-0.2, 0) is 12.8 Å². The Bertz CT molecular complexity index is 868. The van der Waals surface area contributed by atoms with Crippen LogP contribution >= 0.6 is 0 Å². The second-order valence-electron chi connectivity index (χ2n) is 5.24. The third-order valence-electron chi connectivity index (χ3n) is 3.72. The molecule has 3 aromatic rings. The van der Waals surface area contributed by atoms with Crippen molar-refractivity contribution < 1.29 is 9.52 Å². The van der Waals surface area contributed by atoms with Gasteiger partial charge < -0.3 is 15.3 Å². The molecular weight excluding hydrogens is 278 g/mol. The number of para-hydroxylation sites is 1. The normalized spacial score (nSPS) is 11.0. The van der Waals surface area contributed by atoms with Crippen LogP contribution in [0, 0.1) is 0 Å². The van der Waals surface area contributed by atoms with Gasteiger partial charge in [0.05, 0.1) is 0 Å². The highest BCUT2D eigenvalue weighted by Crippen LogP contribution is 2.22. The van der Waals surface area contributed by atoms with Crippen LogP contribution in [0.4, 0.5) is 5.69 Å². The van der Waals surface area contributed by atoms with Crippen molar-refractivity contribution in [2.75, 3.05) is 12.3 Å². The van der Waals surface area contributed by atoms with E-state index >= 15 is 0 Å². The van der Waals surface area contributed by atoms with Crippen molar-refractivity contribution >= 4 is 16.7 Å². The lowest BCUT2D eigenvalue weighted by molar-refractivity contribution is 0.299. The number of nitrogens with two attached hydrogens (primary N) is 1. The molecule has 0 aliphatic rings. The monoisotopic (exact) mass is 295 g/mol. The second-order valence-corrected chi connectivity index (χ2v) is 5.24. The fraction of sp³-hybridized carbons (Fsp3) is 0.167. The average molecular weight is 295 g/mol. The zero-order valence-electron chi connectivity index (χ0n) is 12.1. The summed E-state index contributed by atoms with van der Waals surface area (Å²) >= 11 is 0. The first kappa shape index (κ1) is 14.4. The quantitative estimate of drug-likeness (QED) is 0.573. The smallest absolute Gasteiger partial charge is 0.340 e. The van der Waals surface area contributed by atoms with E-state index in [9.17, 15) is 9.90 Å². The van der Waals surface area contributed by atoms with Gasteiger partial charge in [-0.2, -0.15) is 0 Å². The van der Waals surface area contributed by atoms with Gasteiger partial charge in [-0.3, -0.25) is 0 Å². The number of rotatable bonds is 4. The lowest BCUT2D eigenvalue weighted by Crippen LogP contribution is -2.13. The van der Waals surface area contributed by atoms with Crippen LogP contribution in [0.1, 0.15) is 16.7 Å². The van der Waals surface area contributed by atoms with Crippen molar-refractivity contribution in [1.29, 1.82) is 0 Å². The minimum absolute atomic E-state index is 0.0165. The molecule has 0 unspecified atom stereocenters. The van der Waals surface area contributed by atoms with Gasteiger partial charge in [-0.25, -0.2) is 4.79 Å². The maximum absolute atomic E-state index is 12.3. The highest BCUT2D eigenvalue weighted by Gasteiger charge is 2.14. The molecule has 0 saturated carbocycles. The van der Waals surface area contributed by atoms with E-state index in [4.69, 9.17) is 10.2 Å². The van der Waals surface area contributed by atoms with E-state index in [1.165, 1.54) is 0 Å². The number of anilines is 1. The van der Waals surface area contributed by atoms with E-state index in [-0.39, 0.29) is 12.2 Å². The second kappa shape index (κ2) is 6.03. The van der Waals surface area contributed by atoms with E-state index in [0.29, 0.717) is 29.7 Å². The number of hydrogen-bond donors (Lipinski definition) is 2. The summed E-state index contributed by atoms with van der Waals surface area (Å²) in [7, 11) is 0. The molecular formula is C18H17NO3. The Balaban J connectivity index is 2.17. The molecule has 2 aromatic carbocycles. The Morgan fingerprint density at radius 1 is 1.05 bits per heavy atom. The first-order chi connectivity index (χ1) is 10.7. The fourth-order valence-corrected chi connectivity index (χ4v) is 2.74. The minimum Gasteiger partial charge on any atom is -0.423 e. The molecule has 0 aliphatic heterocycles. The molecule has 0 radical (unpaired) electrons. The Hall–Kier alpha value is -2.59. The predicted molar refractivity (Wildman–Crippen MR) is 86.9 cm³/mol. The maximum Gasteiger partial charge on any atom is 0.340 e. The molecule has 0 fully saturated rings. The Kier molecular flexibility index (Phi) is 3.94. The topological polar surface area (TPSA) is 76.5 Å².